The minimum absolute atomic E-state index is 0.0329. The lowest BCUT2D eigenvalue weighted by Crippen LogP contribution is -2.36. The second-order valence-corrected chi connectivity index (χ2v) is 7.88. The predicted molar refractivity (Wildman–Crippen MR) is 113 cm³/mol. The second-order valence-electron chi connectivity index (χ2n) is 7.88. The fourth-order valence-corrected chi connectivity index (χ4v) is 3.61. The van der Waals surface area contributed by atoms with E-state index < -0.39 is 12.0 Å². The van der Waals surface area contributed by atoms with Gasteiger partial charge in [-0.05, 0) is 25.0 Å². The minimum Gasteiger partial charge on any atom is -0.463 e. The molecule has 1 N–H and O–H groups in total. The summed E-state index contributed by atoms with van der Waals surface area (Å²) >= 11 is 0. The van der Waals surface area contributed by atoms with Gasteiger partial charge in [0.1, 0.15) is 0 Å². The number of benzene rings is 2. The first-order valence-electron chi connectivity index (χ1n) is 10.3. The molecule has 158 valence electrons. The Labute approximate surface area is 177 Å². The lowest BCUT2D eigenvalue weighted by molar-refractivity contribution is -0.148. The van der Waals surface area contributed by atoms with Crippen molar-refractivity contribution < 1.29 is 19.1 Å². The van der Waals surface area contributed by atoms with Crippen LogP contribution in [-0.4, -0.2) is 35.3 Å². The molecule has 0 spiro atoms. The number of likely N-dealkylation sites (tertiary alicyclic amines) is 1. The third-order valence-corrected chi connectivity index (χ3v) is 5.06. The van der Waals surface area contributed by atoms with Gasteiger partial charge in [-0.15, -0.1) is 0 Å². The first-order valence-corrected chi connectivity index (χ1v) is 10.3. The van der Waals surface area contributed by atoms with Crippen LogP contribution >= 0.6 is 0 Å². The van der Waals surface area contributed by atoms with Crippen LogP contribution < -0.4 is 5.32 Å². The highest BCUT2D eigenvalue weighted by molar-refractivity contribution is 5.89. The summed E-state index contributed by atoms with van der Waals surface area (Å²) in [7, 11) is 0. The molecule has 2 aromatic carbocycles. The molecule has 1 saturated heterocycles. The molecule has 2 atom stereocenters. The van der Waals surface area contributed by atoms with Gasteiger partial charge in [0.2, 0.25) is 11.8 Å². The molecular formula is C24H28N2O4. The largest absolute Gasteiger partial charge is 0.463 e. The number of ether oxygens (including phenoxy) is 1. The Kier molecular flexibility index (Phi) is 7.22. The number of rotatable bonds is 8. The van der Waals surface area contributed by atoms with Crippen molar-refractivity contribution in [2.24, 2.45) is 5.92 Å². The molecule has 0 bridgehead atoms. The molecule has 3 rings (SSSR count). The van der Waals surface area contributed by atoms with Crippen LogP contribution in [0.5, 0.6) is 0 Å². The molecule has 2 aromatic rings. The van der Waals surface area contributed by atoms with Gasteiger partial charge in [0.15, 0.2) is 0 Å². The predicted octanol–water partition coefficient (Wildman–Crippen LogP) is 3.23. The van der Waals surface area contributed by atoms with Gasteiger partial charge in [-0.2, -0.15) is 0 Å². The second kappa shape index (κ2) is 10.1. The molecule has 2 unspecified atom stereocenters. The van der Waals surface area contributed by atoms with Gasteiger partial charge in [0.25, 0.3) is 0 Å². The van der Waals surface area contributed by atoms with Crippen LogP contribution in [0.4, 0.5) is 0 Å². The van der Waals surface area contributed by atoms with E-state index in [2.05, 4.69) is 5.32 Å². The van der Waals surface area contributed by atoms with Crippen molar-refractivity contribution in [2.75, 3.05) is 6.54 Å². The van der Waals surface area contributed by atoms with Gasteiger partial charge in [-0.3, -0.25) is 14.4 Å². The van der Waals surface area contributed by atoms with Gasteiger partial charge >= 0.3 is 5.97 Å². The van der Waals surface area contributed by atoms with Crippen molar-refractivity contribution >= 4 is 17.8 Å². The Bertz CT molecular complexity index is 867. The zero-order valence-corrected chi connectivity index (χ0v) is 17.4. The van der Waals surface area contributed by atoms with Gasteiger partial charge in [0, 0.05) is 19.5 Å². The van der Waals surface area contributed by atoms with Crippen molar-refractivity contribution in [3.8, 4) is 0 Å². The molecule has 0 saturated carbocycles. The monoisotopic (exact) mass is 408 g/mol. The molecule has 6 nitrogen and oxygen atoms in total. The lowest BCUT2D eigenvalue weighted by atomic mass is 10.0. The SMILES string of the molecule is CC(C)OC(=O)CC(NC(=O)C1CC(=O)N(Cc2ccccc2)C1)c1ccccc1. The van der Waals surface area contributed by atoms with Crippen LogP contribution in [-0.2, 0) is 25.7 Å². The summed E-state index contributed by atoms with van der Waals surface area (Å²) in [5.41, 5.74) is 1.86. The maximum Gasteiger partial charge on any atom is 0.308 e. The summed E-state index contributed by atoms with van der Waals surface area (Å²) in [5, 5.41) is 2.97. The fourth-order valence-electron chi connectivity index (χ4n) is 3.61. The Morgan fingerprint density at radius 2 is 1.70 bits per heavy atom. The first-order chi connectivity index (χ1) is 14.4. The summed E-state index contributed by atoms with van der Waals surface area (Å²) in [5.74, 6) is -1.06. The molecule has 30 heavy (non-hydrogen) atoms. The van der Waals surface area contributed by atoms with Crippen LogP contribution in [0.1, 0.15) is 43.9 Å². The smallest absolute Gasteiger partial charge is 0.308 e. The molecule has 1 aliphatic rings. The molecular weight excluding hydrogens is 380 g/mol. The van der Waals surface area contributed by atoms with E-state index in [1.54, 1.807) is 18.7 Å². The normalized spacial score (nSPS) is 17.1. The summed E-state index contributed by atoms with van der Waals surface area (Å²) in [6, 6.07) is 18.6. The number of amides is 2. The number of nitrogens with zero attached hydrogens (tertiary/aromatic N) is 1. The van der Waals surface area contributed by atoms with Crippen molar-refractivity contribution in [2.45, 2.75) is 45.4 Å². The molecule has 0 radical (unpaired) electrons. The van der Waals surface area contributed by atoms with Crippen LogP contribution in [0.15, 0.2) is 60.7 Å². The third kappa shape index (κ3) is 5.92. The average Bonchev–Trinajstić information content (AvgIpc) is 3.09. The van der Waals surface area contributed by atoms with Gasteiger partial charge in [0.05, 0.1) is 24.5 Å². The number of carbonyl (C=O) groups is 3. The van der Waals surface area contributed by atoms with Crippen molar-refractivity contribution in [1.82, 2.24) is 10.2 Å². The fraction of sp³-hybridized carbons (Fsp3) is 0.375. The summed E-state index contributed by atoms with van der Waals surface area (Å²) < 4.78 is 5.26. The van der Waals surface area contributed by atoms with E-state index in [-0.39, 0.29) is 36.7 Å². The maximum atomic E-state index is 12.9. The highest BCUT2D eigenvalue weighted by atomic mass is 16.5. The lowest BCUT2D eigenvalue weighted by Gasteiger charge is -2.21. The van der Waals surface area contributed by atoms with E-state index in [1.165, 1.54) is 0 Å². The summed E-state index contributed by atoms with van der Waals surface area (Å²) in [6.07, 6.45) is 0.00231. The highest BCUT2D eigenvalue weighted by Crippen LogP contribution is 2.23. The first kappa shape index (κ1) is 21.6. The number of hydrogen-bond acceptors (Lipinski definition) is 4. The number of esters is 1. The highest BCUT2D eigenvalue weighted by Gasteiger charge is 2.35. The van der Waals surface area contributed by atoms with E-state index in [4.69, 9.17) is 4.74 Å². The van der Waals surface area contributed by atoms with Gasteiger partial charge in [-0.25, -0.2) is 0 Å². The molecule has 0 aliphatic carbocycles. The average molecular weight is 408 g/mol. The molecule has 1 aliphatic heterocycles. The van der Waals surface area contributed by atoms with Gasteiger partial charge in [-0.1, -0.05) is 60.7 Å². The summed E-state index contributed by atoms with van der Waals surface area (Å²) in [4.78, 5) is 39.3. The van der Waals surface area contributed by atoms with Crippen LogP contribution in [0.3, 0.4) is 0 Å². The standard InChI is InChI=1S/C24H28N2O4/c1-17(2)30-23(28)14-21(19-11-7-4-8-12-19)25-24(29)20-13-22(27)26(16-20)15-18-9-5-3-6-10-18/h3-12,17,20-21H,13-16H2,1-2H3,(H,25,29). The number of nitrogens with one attached hydrogen (secondary N) is 1. The quantitative estimate of drug-likeness (QED) is 0.681. The van der Waals surface area contributed by atoms with Crippen LogP contribution in [0.2, 0.25) is 0 Å². The zero-order valence-electron chi connectivity index (χ0n) is 17.4. The van der Waals surface area contributed by atoms with Crippen LogP contribution in [0, 0.1) is 5.92 Å². The van der Waals surface area contributed by atoms with Crippen molar-refractivity contribution in [3.63, 3.8) is 0 Å². The third-order valence-electron chi connectivity index (χ3n) is 5.06. The Morgan fingerprint density at radius 3 is 2.33 bits per heavy atom. The maximum absolute atomic E-state index is 12.9. The summed E-state index contributed by atoms with van der Waals surface area (Å²) in [6.45, 7) is 4.45. The Hall–Kier alpha value is -3.15. The Balaban J connectivity index is 1.65. The Morgan fingerprint density at radius 1 is 1.07 bits per heavy atom. The van der Waals surface area contributed by atoms with E-state index in [1.807, 2.05) is 60.7 Å². The van der Waals surface area contributed by atoms with E-state index in [0.29, 0.717) is 13.1 Å². The zero-order chi connectivity index (χ0) is 21.5. The molecule has 0 aromatic heterocycles. The molecule has 6 heteroatoms. The van der Waals surface area contributed by atoms with E-state index >= 15 is 0 Å². The van der Waals surface area contributed by atoms with Crippen LogP contribution in [0.25, 0.3) is 0 Å². The minimum atomic E-state index is -0.497. The van der Waals surface area contributed by atoms with Crippen molar-refractivity contribution in [3.05, 3.63) is 71.8 Å². The topological polar surface area (TPSA) is 75.7 Å². The molecule has 2 amide bonds. The van der Waals surface area contributed by atoms with Crippen molar-refractivity contribution in [1.29, 1.82) is 0 Å². The number of hydrogen-bond donors (Lipinski definition) is 1. The molecule has 1 fully saturated rings. The van der Waals surface area contributed by atoms with E-state index in [0.717, 1.165) is 11.1 Å². The molecule has 1 heterocycles. The van der Waals surface area contributed by atoms with Gasteiger partial charge < -0.3 is 15.0 Å². The van der Waals surface area contributed by atoms with E-state index in [9.17, 15) is 14.4 Å². The number of carbonyl (C=O) groups excluding carboxylic acids is 3.